The molecule has 20 heavy (non-hydrogen) atoms. The van der Waals surface area contributed by atoms with E-state index in [2.05, 4.69) is 15.3 Å². The van der Waals surface area contributed by atoms with E-state index in [9.17, 15) is 9.59 Å². The Bertz CT molecular complexity index is 544. The lowest BCUT2D eigenvalue weighted by Gasteiger charge is -2.16. The monoisotopic (exact) mass is 277 g/mol. The maximum atomic E-state index is 12.1. The summed E-state index contributed by atoms with van der Waals surface area (Å²) in [4.78, 5) is 31.5. The summed E-state index contributed by atoms with van der Waals surface area (Å²) in [5.41, 5.74) is 0.276. The van der Waals surface area contributed by atoms with E-state index in [4.69, 9.17) is 9.84 Å². The first-order valence-electron chi connectivity index (χ1n) is 6.63. The number of ether oxygens (including phenoxy) is 1. The molecule has 0 radical (unpaired) electrons. The number of nitrogens with zero attached hydrogens (tertiary/aromatic N) is 2. The molecular weight excluding hydrogens is 262 g/mol. The molecule has 1 aliphatic carbocycles. The fourth-order valence-electron chi connectivity index (χ4n) is 2.26. The minimum atomic E-state index is -1.06. The van der Waals surface area contributed by atoms with Crippen LogP contribution in [0.15, 0.2) is 12.3 Å². The SMILES string of the molecule is O=C(N[C@H]1CCO[C@H]1C(=O)O)c1ccnc(C2CC2)n1. The van der Waals surface area contributed by atoms with E-state index in [0.717, 1.165) is 12.8 Å². The van der Waals surface area contributed by atoms with Crippen molar-refractivity contribution in [2.24, 2.45) is 0 Å². The molecule has 1 amide bonds. The maximum Gasteiger partial charge on any atom is 0.334 e. The highest BCUT2D eigenvalue weighted by Crippen LogP contribution is 2.37. The van der Waals surface area contributed by atoms with Crippen LogP contribution < -0.4 is 5.32 Å². The number of carboxylic acids is 1. The van der Waals surface area contributed by atoms with Crippen molar-refractivity contribution in [1.82, 2.24) is 15.3 Å². The molecule has 2 heterocycles. The summed E-state index contributed by atoms with van der Waals surface area (Å²) in [5.74, 6) is -0.385. The van der Waals surface area contributed by atoms with E-state index in [1.807, 2.05) is 0 Å². The van der Waals surface area contributed by atoms with Gasteiger partial charge >= 0.3 is 5.97 Å². The van der Waals surface area contributed by atoms with Crippen molar-refractivity contribution in [2.75, 3.05) is 6.61 Å². The van der Waals surface area contributed by atoms with Crippen LogP contribution in [0.2, 0.25) is 0 Å². The van der Waals surface area contributed by atoms with Crippen molar-refractivity contribution in [3.63, 3.8) is 0 Å². The Labute approximate surface area is 115 Å². The standard InChI is InChI=1S/C13H15N3O4/c17-12(16-8-4-6-20-10(8)13(18)19)9-3-5-14-11(15-9)7-1-2-7/h3,5,7-8,10H,1-2,4,6H2,(H,16,17)(H,18,19)/t8-,10+/m0/s1. The van der Waals surface area contributed by atoms with Crippen LogP contribution in [0.25, 0.3) is 0 Å². The van der Waals surface area contributed by atoms with Gasteiger partial charge in [-0.1, -0.05) is 0 Å². The number of hydrogen-bond donors (Lipinski definition) is 2. The fourth-order valence-corrected chi connectivity index (χ4v) is 2.26. The van der Waals surface area contributed by atoms with Gasteiger partial charge in [0.2, 0.25) is 0 Å². The molecule has 0 unspecified atom stereocenters. The number of carboxylic acid groups (broad SMARTS) is 1. The minimum absolute atomic E-state index is 0.276. The Kier molecular flexibility index (Phi) is 3.35. The van der Waals surface area contributed by atoms with Gasteiger partial charge in [-0.25, -0.2) is 14.8 Å². The number of amides is 1. The lowest BCUT2D eigenvalue weighted by Crippen LogP contribution is -2.44. The third kappa shape index (κ3) is 2.62. The lowest BCUT2D eigenvalue weighted by atomic mass is 10.1. The fraction of sp³-hybridized carbons (Fsp3) is 0.538. The molecule has 0 spiro atoms. The van der Waals surface area contributed by atoms with Crippen molar-refractivity contribution >= 4 is 11.9 Å². The second-order valence-corrected chi connectivity index (χ2v) is 5.07. The third-order valence-corrected chi connectivity index (χ3v) is 3.50. The van der Waals surface area contributed by atoms with Gasteiger partial charge in [-0.2, -0.15) is 0 Å². The van der Waals surface area contributed by atoms with Gasteiger partial charge in [0.1, 0.15) is 11.5 Å². The van der Waals surface area contributed by atoms with Crippen molar-refractivity contribution < 1.29 is 19.4 Å². The number of hydrogen-bond acceptors (Lipinski definition) is 5. The van der Waals surface area contributed by atoms with E-state index < -0.39 is 18.1 Å². The van der Waals surface area contributed by atoms with Gasteiger partial charge in [-0.3, -0.25) is 4.79 Å². The van der Waals surface area contributed by atoms with E-state index in [0.29, 0.717) is 24.8 Å². The van der Waals surface area contributed by atoms with Crippen molar-refractivity contribution in [3.05, 3.63) is 23.8 Å². The molecule has 2 N–H and O–H groups in total. The smallest absolute Gasteiger partial charge is 0.334 e. The zero-order valence-electron chi connectivity index (χ0n) is 10.8. The molecule has 2 fully saturated rings. The summed E-state index contributed by atoms with van der Waals surface area (Å²) in [7, 11) is 0. The van der Waals surface area contributed by atoms with E-state index in [-0.39, 0.29) is 11.6 Å². The molecule has 1 saturated heterocycles. The molecule has 0 aromatic carbocycles. The molecule has 1 aromatic rings. The van der Waals surface area contributed by atoms with E-state index in [1.165, 1.54) is 6.07 Å². The van der Waals surface area contributed by atoms with Crippen LogP contribution in [-0.4, -0.2) is 45.7 Å². The summed E-state index contributed by atoms with van der Waals surface area (Å²) in [6.45, 7) is 0.332. The summed E-state index contributed by atoms with van der Waals surface area (Å²) < 4.78 is 5.09. The third-order valence-electron chi connectivity index (χ3n) is 3.50. The van der Waals surface area contributed by atoms with Crippen LogP contribution in [-0.2, 0) is 9.53 Å². The molecule has 2 aliphatic rings. The molecule has 7 nitrogen and oxygen atoms in total. The van der Waals surface area contributed by atoms with Gasteiger partial charge in [-0.15, -0.1) is 0 Å². The van der Waals surface area contributed by atoms with E-state index >= 15 is 0 Å². The highest BCUT2D eigenvalue weighted by Gasteiger charge is 2.35. The molecule has 1 aliphatic heterocycles. The van der Waals surface area contributed by atoms with Crippen LogP contribution in [0, 0.1) is 0 Å². The first-order valence-corrected chi connectivity index (χ1v) is 6.63. The number of rotatable bonds is 4. The second-order valence-electron chi connectivity index (χ2n) is 5.07. The maximum absolute atomic E-state index is 12.1. The first-order chi connectivity index (χ1) is 9.65. The normalized spacial score (nSPS) is 25.4. The van der Waals surface area contributed by atoms with Gasteiger partial charge < -0.3 is 15.2 Å². The number of aliphatic carboxylic acids is 1. The van der Waals surface area contributed by atoms with E-state index in [1.54, 1.807) is 6.20 Å². The largest absolute Gasteiger partial charge is 0.479 e. The highest BCUT2D eigenvalue weighted by molar-refractivity contribution is 5.93. The van der Waals surface area contributed by atoms with Crippen LogP contribution in [0.4, 0.5) is 0 Å². The molecule has 2 atom stereocenters. The molecule has 3 rings (SSSR count). The average molecular weight is 277 g/mol. The van der Waals surface area contributed by atoms with Gasteiger partial charge in [0.25, 0.3) is 5.91 Å². The predicted molar refractivity (Wildman–Crippen MR) is 67.3 cm³/mol. The lowest BCUT2D eigenvalue weighted by molar-refractivity contribution is -0.148. The first kappa shape index (κ1) is 13.0. The van der Waals surface area contributed by atoms with Crippen LogP contribution in [0.3, 0.4) is 0 Å². The van der Waals surface area contributed by atoms with Gasteiger partial charge in [0.05, 0.1) is 6.04 Å². The minimum Gasteiger partial charge on any atom is -0.479 e. The van der Waals surface area contributed by atoms with Crippen molar-refractivity contribution in [3.8, 4) is 0 Å². The summed E-state index contributed by atoms with van der Waals surface area (Å²) in [5, 5.41) is 11.7. The number of carbonyl (C=O) groups is 2. The Hall–Kier alpha value is -2.02. The highest BCUT2D eigenvalue weighted by atomic mass is 16.5. The summed E-state index contributed by atoms with van der Waals surface area (Å²) in [6.07, 6.45) is 3.19. The zero-order chi connectivity index (χ0) is 14.1. The number of nitrogens with one attached hydrogen (secondary N) is 1. The van der Waals surface area contributed by atoms with Crippen molar-refractivity contribution in [2.45, 2.75) is 37.3 Å². The van der Waals surface area contributed by atoms with Gasteiger partial charge in [-0.05, 0) is 25.3 Å². The average Bonchev–Trinajstić information content (AvgIpc) is 3.19. The summed E-state index contributed by atoms with van der Waals surface area (Å²) in [6, 6.07) is 1.02. The van der Waals surface area contributed by atoms with Crippen molar-refractivity contribution in [1.29, 1.82) is 0 Å². The quantitative estimate of drug-likeness (QED) is 0.822. The molecule has 1 saturated carbocycles. The van der Waals surface area contributed by atoms with Crippen LogP contribution in [0.5, 0.6) is 0 Å². The second kappa shape index (κ2) is 5.16. The number of carbonyl (C=O) groups excluding carboxylic acids is 1. The predicted octanol–water partition coefficient (Wildman–Crippen LogP) is 0.326. The molecule has 106 valence electrons. The zero-order valence-corrected chi connectivity index (χ0v) is 10.8. The Morgan fingerprint density at radius 2 is 2.15 bits per heavy atom. The topological polar surface area (TPSA) is 101 Å². The van der Waals surface area contributed by atoms with Crippen LogP contribution in [0.1, 0.15) is 41.5 Å². The molecule has 7 heteroatoms. The molecular formula is C13H15N3O4. The molecule has 1 aromatic heterocycles. The van der Waals surface area contributed by atoms with Gasteiger partial charge in [0.15, 0.2) is 6.10 Å². The van der Waals surface area contributed by atoms with Gasteiger partial charge in [0, 0.05) is 18.7 Å². The Balaban J connectivity index is 1.69. The summed E-state index contributed by atoms with van der Waals surface area (Å²) >= 11 is 0. The van der Waals surface area contributed by atoms with Crippen LogP contribution >= 0.6 is 0 Å². The molecule has 0 bridgehead atoms. The Morgan fingerprint density at radius 1 is 1.35 bits per heavy atom. The number of aromatic nitrogens is 2. The Morgan fingerprint density at radius 3 is 2.85 bits per heavy atom.